The SMILES string of the molecule is Cc1ncnc(C)c1C(=O)N1CCC(C)(N2CCN(C3C(=O)Cc4cc(C(F)(F)F)ccc43)C(C)C2)CC1. The van der Waals surface area contributed by atoms with E-state index >= 15 is 0 Å². The third-order valence-corrected chi connectivity index (χ3v) is 8.78. The minimum absolute atomic E-state index is 0.0204. The van der Waals surface area contributed by atoms with Gasteiger partial charge in [-0.3, -0.25) is 19.4 Å². The summed E-state index contributed by atoms with van der Waals surface area (Å²) in [5, 5.41) is 0. The summed E-state index contributed by atoms with van der Waals surface area (Å²) >= 11 is 0. The predicted molar refractivity (Wildman–Crippen MR) is 136 cm³/mol. The van der Waals surface area contributed by atoms with Gasteiger partial charge in [0.05, 0.1) is 28.6 Å². The van der Waals surface area contributed by atoms with E-state index in [9.17, 15) is 22.8 Å². The highest BCUT2D eigenvalue weighted by Gasteiger charge is 2.44. The molecule has 0 saturated carbocycles. The van der Waals surface area contributed by atoms with Crippen molar-refractivity contribution in [3.05, 3.63) is 58.2 Å². The normalized spacial score (nSPS) is 24.5. The minimum Gasteiger partial charge on any atom is -0.338 e. The third kappa shape index (κ3) is 4.73. The second-order valence-electron chi connectivity index (χ2n) is 11.2. The number of piperazine rings is 1. The van der Waals surface area contributed by atoms with E-state index in [1.807, 2.05) is 18.7 Å². The summed E-state index contributed by atoms with van der Waals surface area (Å²) in [4.78, 5) is 41.1. The molecule has 38 heavy (non-hydrogen) atoms. The molecule has 2 unspecified atom stereocenters. The van der Waals surface area contributed by atoms with Crippen molar-refractivity contribution < 1.29 is 22.8 Å². The number of aryl methyl sites for hydroxylation is 2. The first-order valence-corrected chi connectivity index (χ1v) is 13.2. The molecule has 2 saturated heterocycles. The molecule has 0 radical (unpaired) electrons. The van der Waals surface area contributed by atoms with Gasteiger partial charge in [0.1, 0.15) is 6.33 Å². The van der Waals surface area contributed by atoms with Gasteiger partial charge in [0.25, 0.3) is 5.91 Å². The summed E-state index contributed by atoms with van der Waals surface area (Å²) in [6, 6.07) is 3.29. The lowest BCUT2D eigenvalue weighted by atomic mass is 9.86. The maximum Gasteiger partial charge on any atom is 0.416 e. The number of hydrogen-bond donors (Lipinski definition) is 0. The topological polar surface area (TPSA) is 69.6 Å². The van der Waals surface area contributed by atoms with Crippen LogP contribution in [0.4, 0.5) is 13.2 Å². The highest BCUT2D eigenvalue weighted by molar-refractivity contribution is 5.96. The number of aromatic nitrogens is 2. The largest absolute Gasteiger partial charge is 0.416 e. The number of carbonyl (C=O) groups is 2. The van der Waals surface area contributed by atoms with Crippen LogP contribution in [0.15, 0.2) is 24.5 Å². The van der Waals surface area contributed by atoms with Gasteiger partial charge < -0.3 is 4.90 Å². The molecule has 204 valence electrons. The lowest BCUT2D eigenvalue weighted by molar-refractivity contribution is -0.137. The van der Waals surface area contributed by atoms with E-state index in [0.717, 1.165) is 38.1 Å². The average molecular weight is 530 g/mol. The molecule has 0 spiro atoms. The summed E-state index contributed by atoms with van der Waals surface area (Å²) in [6.07, 6.45) is -1.22. The lowest BCUT2D eigenvalue weighted by Crippen LogP contribution is -2.62. The molecule has 1 aromatic heterocycles. The maximum atomic E-state index is 13.2. The molecule has 3 aliphatic rings. The van der Waals surface area contributed by atoms with Gasteiger partial charge in [-0.1, -0.05) is 6.07 Å². The molecule has 2 aromatic rings. The smallest absolute Gasteiger partial charge is 0.338 e. The Bertz CT molecular complexity index is 1240. The van der Waals surface area contributed by atoms with Gasteiger partial charge in [-0.2, -0.15) is 13.2 Å². The fraction of sp³-hybridized carbons (Fsp3) is 0.571. The molecule has 2 aliphatic heterocycles. The zero-order valence-corrected chi connectivity index (χ0v) is 22.3. The number of rotatable bonds is 3. The highest BCUT2D eigenvalue weighted by atomic mass is 19.4. The molecule has 0 N–H and O–H groups in total. The van der Waals surface area contributed by atoms with Crippen LogP contribution in [0.1, 0.15) is 71.2 Å². The van der Waals surface area contributed by atoms with Crippen LogP contribution < -0.4 is 0 Å². The van der Waals surface area contributed by atoms with E-state index < -0.39 is 17.8 Å². The van der Waals surface area contributed by atoms with E-state index in [0.29, 0.717) is 47.7 Å². The molecule has 5 rings (SSSR count). The first kappa shape index (κ1) is 26.7. The quantitative estimate of drug-likeness (QED) is 0.599. The molecule has 1 amide bonds. The van der Waals surface area contributed by atoms with E-state index in [-0.39, 0.29) is 29.7 Å². The fourth-order valence-corrected chi connectivity index (χ4v) is 6.44. The number of ketones is 1. The van der Waals surface area contributed by atoms with Gasteiger partial charge in [-0.25, -0.2) is 9.97 Å². The van der Waals surface area contributed by atoms with Crippen LogP contribution in [0, 0.1) is 13.8 Å². The highest BCUT2D eigenvalue weighted by Crippen LogP contribution is 2.40. The molecule has 10 heteroatoms. The molecule has 3 heterocycles. The predicted octanol–water partition coefficient (Wildman–Crippen LogP) is 3.98. The van der Waals surface area contributed by atoms with E-state index in [4.69, 9.17) is 0 Å². The molecule has 2 fully saturated rings. The Hall–Kier alpha value is -2.85. The van der Waals surface area contributed by atoms with Gasteiger partial charge in [0, 0.05) is 50.7 Å². The van der Waals surface area contributed by atoms with Crippen molar-refractivity contribution in [3.8, 4) is 0 Å². The van der Waals surface area contributed by atoms with Crippen LogP contribution in [0.2, 0.25) is 0 Å². The van der Waals surface area contributed by atoms with Crippen molar-refractivity contribution in [2.24, 2.45) is 0 Å². The minimum atomic E-state index is -4.42. The van der Waals surface area contributed by atoms with Crippen LogP contribution in [0.3, 0.4) is 0 Å². The Morgan fingerprint density at radius 3 is 2.32 bits per heavy atom. The zero-order valence-electron chi connectivity index (χ0n) is 22.3. The number of nitrogens with zero attached hydrogens (tertiary/aromatic N) is 5. The van der Waals surface area contributed by atoms with Crippen molar-refractivity contribution in [1.82, 2.24) is 24.7 Å². The van der Waals surface area contributed by atoms with Gasteiger partial charge >= 0.3 is 6.18 Å². The standard InChI is InChI=1S/C28H34F3N5O2/c1-17-15-35(27(4)7-9-34(10-8-27)26(38)24-18(2)32-16-33-19(24)3)11-12-36(17)25-22-6-5-21(28(29,30)31)13-20(22)14-23(25)37/h5-6,13,16-17,25H,7-12,14-15H2,1-4H3. The Kier molecular flexibility index (Phi) is 6.84. The van der Waals surface area contributed by atoms with Crippen molar-refractivity contribution >= 4 is 11.7 Å². The van der Waals surface area contributed by atoms with E-state index in [1.54, 1.807) is 0 Å². The number of amides is 1. The molecule has 1 aromatic carbocycles. The number of fused-ring (bicyclic) bond motifs is 1. The molecule has 7 nitrogen and oxygen atoms in total. The van der Waals surface area contributed by atoms with E-state index in [1.165, 1.54) is 12.4 Å². The van der Waals surface area contributed by atoms with Gasteiger partial charge in [-0.05, 0) is 63.8 Å². The van der Waals surface area contributed by atoms with Gasteiger partial charge in [0.15, 0.2) is 5.78 Å². The van der Waals surface area contributed by atoms with Crippen molar-refractivity contribution in [3.63, 3.8) is 0 Å². The van der Waals surface area contributed by atoms with Crippen molar-refractivity contribution in [2.45, 2.75) is 70.8 Å². The molecular weight excluding hydrogens is 495 g/mol. The van der Waals surface area contributed by atoms with Gasteiger partial charge in [0.2, 0.25) is 0 Å². The number of likely N-dealkylation sites (tertiary alicyclic amines) is 1. The number of Topliss-reactive ketones (excluding diaryl/α,β-unsaturated/α-hetero) is 1. The second-order valence-corrected chi connectivity index (χ2v) is 11.2. The summed E-state index contributed by atoms with van der Waals surface area (Å²) in [5.74, 6) is -0.0546. The van der Waals surface area contributed by atoms with Crippen LogP contribution >= 0.6 is 0 Å². The average Bonchev–Trinajstić information content (AvgIpc) is 3.18. The Labute approximate surface area is 221 Å². The first-order chi connectivity index (χ1) is 17.9. The summed E-state index contributed by atoms with van der Waals surface area (Å²) in [6.45, 7) is 11.5. The summed E-state index contributed by atoms with van der Waals surface area (Å²) in [5.41, 5.74) is 2.39. The number of halogens is 3. The number of alkyl halides is 3. The van der Waals surface area contributed by atoms with Crippen LogP contribution in [-0.2, 0) is 17.4 Å². The monoisotopic (exact) mass is 529 g/mol. The fourth-order valence-electron chi connectivity index (χ4n) is 6.44. The Morgan fingerprint density at radius 1 is 1.05 bits per heavy atom. The maximum absolute atomic E-state index is 13.2. The second kappa shape index (κ2) is 9.72. The molecule has 1 aliphatic carbocycles. The molecule has 0 bridgehead atoms. The van der Waals surface area contributed by atoms with Crippen molar-refractivity contribution in [2.75, 3.05) is 32.7 Å². The first-order valence-electron chi connectivity index (χ1n) is 13.2. The van der Waals surface area contributed by atoms with Crippen molar-refractivity contribution in [1.29, 1.82) is 0 Å². The van der Waals surface area contributed by atoms with E-state index in [2.05, 4.69) is 33.6 Å². The molecular formula is C28H34F3N5O2. The number of piperidine rings is 1. The van der Waals surface area contributed by atoms with Crippen LogP contribution in [0.25, 0.3) is 0 Å². The van der Waals surface area contributed by atoms with Crippen LogP contribution in [0.5, 0.6) is 0 Å². The summed E-state index contributed by atoms with van der Waals surface area (Å²) < 4.78 is 39.6. The zero-order chi connectivity index (χ0) is 27.4. The summed E-state index contributed by atoms with van der Waals surface area (Å²) in [7, 11) is 0. The third-order valence-electron chi connectivity index (χ3n) is 8.78. The van der Waals surface area contributed by atoms with Gasteiger partial charge in [-0.15, -0.1) is 0 Å². The number of carbonyl (C=O) groups excluding carboxylic acids is 2. The number of benzene rings is 1. The number of hydrogen-bond acceptors (Lipinski definition) is 6. The Morgan fingerprint density at radius 2 is 1.71 bits per heavy atom. The van der Waals surface area contributed by atoms with Crippen LogP contribution in [-0.4, -0.2) is 80.7 Å². The molecule has 2 atom stereocenters. The lowest BCUT2D eigenvalue weighted by Gasteiger charge is -2.52. The Balaban J connectivity index is 1.24.